The molecule has 5 nitrogen and oxygen atoms in total. The van der Waals surface area contributed by atoms with Crippen LogP contribution in [0.25, 0.3) is 0 Å². The zero-order chi connectivity index (χ0) is 14.5. The first-order chi connectivity index (χ1) is 9.61. The van der Waals surface area contributed by atoms with Crippen molar-refractivity contribution in [1.82, 2.24) is 0 Å². The fourth-order valence-corrected chi connectivity index (χ4v) is 2.64. The minimum Gasteiger partial charge on any atom is -0.481 e. The van der Waals surface area contributed by atoms with Crippen molar-refractivity contribution >= 4 is 17.6 Å². The number of hydrogen-bond acceptors (Lipinski definition) is 3. The van der Waals surface area contributed by atoms with Crippen LogP contribution in [0.15, 0.2) is 24.3 Å². The summed E-state index contributed by atoms with van der Waals surface area (Å²) in [5.41, 5.74) is 0.991. The summed E-state index contributed by atoms with van der Waals surface area (Å²) in [6.07, 6.45) is 2.87. The molecule has 0 spiro atoms. The molecule has 0 bridgehead atoms. The smallest absolute Gasteiger partial charge is 0.307 e. The fraction of sp³-hybridized carbons (Fsp3) is 0.400. The molecule has 1 aromatic carbocycles. The maximum Gasteiger partial charge on any atom is 0.307 e. The van der Waals surface area contributed by atoms with Gasteiger partial charge in [0.2, 0.25) is 5.91 Å². The van der Waals surface area contributed by atoms with Crippen LogP contribution in [0.3, 0.4) is 0 Å². The van der Waals surface area contributed by atoms with Crippen LogP contribution in [0, 0.1) is 23.2 Å². The molecule has 1 aliphatic carbocycles. The van der Waals surface area contributed by atoms with Gasteiger partial charge in [0.25, 0.3) is 0 Å². The molecular weight excluding hydrogens is 256 g/mol. The summed E-state index contributed by atoms with van der Waals surface area (Å²) in [5, 5.41) is 20.7. The predicted octanol–water partition coefficient (Wildman–Crippen LogP) is 2.39. The van der Waals surface area contributed by atoms with E-state index in [1.165, 1.54) is 0 Å². The van der Waals surface area contributed by atoms with Gasteiger partial charge in [-0.3, -0.25) is 9.59 Å². The number of carbonyl (C=O) groups excluding carboxylic acids is 1. The highest BCUT2D eigenvalue weighted by molar-refractivity contribution is 5.95. The van der Waals surface area contributed by atoms with Crippen molar-refractivity contribution in [1.29, 1.82) is 5.26 Å². The van der Waals surface area contributed by atoms with Crippen molar-refractivity contribution in [3.8, 4) is 6.07 Å². The van der Waals surface area contributed by atoms with Crippen molar-refractivity contribution in [2.45, 2.75) is 25.7 Å². The van der Waals surface area contributed by atoms with Gasteiger partial charge in [0.05, 0.1) is 23.5 Å². The molecule has 5 heteroatoms. The van der Waals surface area contributed by atoms with E-state index >= 15 is 0 Å². The lowest BCUT2D eigenvalue weighted by Crippen LogP contribution is -2.36. The van der Waals surface area contributed by atoms with E-state index in [2.05, 4.69) is 5.32 Å². The first-order valence-corrected chi connectivity index (χ1v) is 6.65. The second-order valence-electron chi connectivity index (χ2n) is 5.02. The Morgan fingerprint density at radius 2 is 1.95 bits per heavy atom. The topological polar surface area (TPSA) is 90.2 Å². The number of anilines is 1. The molecule has 1 aliphatic rings. The number of amides is 1. The third kappa shape index (κ3) is 3.15. The number of carbonyl (C=O) groups is 2. The van der Waals surface area contributed by atoms with Crippen LogP contribution < -0.4 is 5.32 Å². The van der Waals surface area contributed by atoms with Gasteiger partial charge in [-0.2, -0.15) is 5.26 Å². The molecule has 20 heavy (non-hydrogen) atoms. The molecular formula is C15H16N2O3. The van der Waals surface area contributed by atoms with Crippen molar-refractivity contribution < 1.29 is 14.7 Å². The Morgan fingerprint density at radius 3 is 2.60 bits per heavy atom. The zero-order valence-corrected chi connectivity index (χ0v) is 11.0. The molecule has 2 atom stereocenters. The number of benzene rings is 1. The van der Waals surface area contributed by atoms with Crippen LogP contribution in [0.5, 0.6) is 0 Å². The van der Waals surface area contributed by atoms with E-state index in [1.807, 2.05) is 6.07 Å². The monoisotopic (exact) mass is 272 g/mol. The summed E-state index contributed by atoms with van der Waals surface area (Å²) in [7, 11) is 0. The van der Waals surface area contributed by atoms with E-state index in [1.54, 1.807) is 24.3 Å². The van der Waals surface area contributed by atoms with E-state index in [0.29, 0.717) is 24.1 Å². The second kappa shape index (κ2) is 6.20. The number of nitriles is 1. The Morgan fingerprint density at radius 1 is 1.25 bits per heavy atom. The Kier molecular flexibility index (Phi) is 4.36. The van der Waals surface area contributed by atoms with Crippen LogP contribution in [0.2, 0.25) is 0 Å². The molecule has 1 aromatic rings. The van der Waals surface area contributed by atoms with E-state index < -0.39 is 17.8 Å². The third-order valence-corrected chi connectivity index (χ3v) is 3.68. The van der Waals surface area contributed by atoms with Gasteiger partial charge in [-0.05, 0) is 31.0 Å². The standard InChI is InChI=1S/C15H16N2O3/c16-9-10-4-3-5-11(8-10)17-14(18)12-6-1-2-7-13(12)15(19)20/h3-5,8,12-13H,1-2,6-7H2,(H,17,18)(H,19,20)/t12-,13-/m1/s1. The zero-order valence-electron chi connectivity index (χ0n) is 11.0. The number of nitrogens with zero attached hydrogens (tertiary/aromatic N) is 1. The summed E-state index contributed by atoms with van der Waals surface area (Å²) in [6, 6.07) is 8.61. The summed E-state index contributed by atoms with van der Waals surface area (Å²) in [5.74, 6) is -2.28. The van der Waals surface area contributed by atoms with Crippen molar-refractivity contribution in [2.24, 2.45) is 11.8 Å². The lowest BCUT2D eigenvalue weighted by atomic mass is 9.78. The highest BCUT2D eigenvalue weighted by Crippen LogP contribution is 2.31. The molecule has 2 rings (SSSR count). The average molecular weight is 272 g/mol. The number of aliphatic carboxylic acids is 1. The molecule has 2 N–H and O–H groups in total. The normalized spacial score (nSPS) is 21.8. The van der Waals surface area contributed by atoms with Gasteiger partial charge in [-0.25, -0.2) is 0 Å². The van der Waals surface area contributed by atoms with Gasteiger partial charge < -0.3 is 10.4 Å². The quantitative estimate of drug-likeness (QED) is 0.884. The number of hydrogen-bond donors (Lipinski definition) is 2. The lowest BCUT2D eigenvalue weighted by Gasteiger charge is -2.27. The fourth-order valence-electron chi connectivity index (χ4n) is 2.64. The van der Waals surface area contributed by atoms with E-state index in [4.69, 9.17) is 5.26 Å². The van der Waals surface area contributed by atoms with E-state index in [-0.39, 0.29) is 5.91 Å². The van der Waals surface area contributed by atoms with Gasteiger partial charge >= 0.3 is 5.97 Å². The Hall–Kier alpha value is -2.35. The van der Waals surface area contributed by atoms with Crippen molar-refractivity contribution in [3.05, 3.63) is 29.8 Å². The van der Waals surface area contributed by atoms with Crippen LogP contribution >= 0.6 is 0 Å². The maximum atomic E-state index is 12.2. The second-order valence-corrected chi connectivity index (χ2v) is 5.02. The number of nitrogens with one attached hydrogen (secondary N) is 1. The number of carboxylic acids is 1. The predicted molar refractivity (Wildman–Crippen MR) is 72.9 cm³/mol. The Bertz CT molecular complexity index is 562. The van der Waals surface area contributed by atoms with Crippen LogP contribution in [0.4, 0.5) is 5.69 Å². The van der Waals surface area contributed by atoms with Gasteiger partial charge in [0.1, 0.15) is 0 Å². The molecule has 104 valence electrons. The Labute approximate surface area is 117 Å². The summed E-state index contributed by atoms with van der Waals surface area (Å²) in [4.78, 5) is 23.4. The van der Waals surface area contributed by atoms with E-state index in [0.717, 1.165) is 12.8 Å². The van der Waals surface area contributed by atoms with Crippen molar-refractivity contribution in [2.75, 3.05) is 5.32 Å². The summed E-state index contributed by atoms with van der Waals surface area (Å²) in [6.45, 7) is 0. The van der Waals surface area contributed by atoms with Crippen LogP contribution in [-0.2, 0) is 9.59 Å². The molecule has 0 radical (unpaired) electrons. The average Bonchev–Trinajstić information content (AvgIpc) is 2.47. The molecule has 1 amide bonds. The molecule has 1 saturated carbocycles. The largest absolute Gasteiger partial charge is 0.481 e. The summed E-state index contributed by atoms with van der Waals surface area (Å²) < 4.78 is 0. The van der Waals surface area contributed by atoms with Gasteiger partial charge in [-0.1, -0.05) is 18.9 Å². The first kappa shape index (κ1) is 14.1. The number of carboxylic acid groups (broad SMARTS) is 1. The number of rotatable bonds is 3. The van der Waals surface area contributed by atoms with Gasteiger partial charge in [-0.15, -0.1) is 0 Å². The van der Waals surface area contributed by atoms with Gasteiger partial charge in [0.15, 0.2) is 0 Å². The Balaban J connectivity index is 2.10. The van der Waals surface area contributed by atoms with E-state index in [9.17, 15) is 14.7 Å². The molecule has 0 saturated heterocycles. The van der Waals surface area contributed by atoms with Crippen LogP contribution in [-0.4, -0.2) is 17.0 Å². The first-order valence-electron chi connectivity index (χ1n) is 6.65. The minimum atomic E-state index is -0.907. The van der Waals surface area contributed by atoms with Crippen LogP contribution in [0.1, 0.15) is 31.2 Å². The SMILES string of the molecule is N#Cc1cccc(NC(=O)[C@@H]2CCCC[C@H]2C(=O)O)c1. The van der Waals surface area contributed by atoms with Crippen molar-refractivity contribution in [3.63, 3.8) is 0 Å². The molecule has 0 unspecified atom stereocenters. The minimum absolute atomic E-state index is 0.271. The third-order valence-electron chi connectivity index (χ3n) is 3.68. The highest BCUT2D eigenvalue weighted by Gasteiger charge is 2.35. The molecule has 0 aromatic heterocycles. The lowest BCUT2D eigenvalue weighted by molar-refractivity contribution is -0.147. The summed E-state index contributed by atoms with van der Waals surface area (Å²) >= 11 is 0. The maximum absolute atomic E-state index is 12.2. The van der Waals surface area contributed by atoms with Gasteiger partial charge in [0, 0.05) is 5.69 Å². The highest BCUT2D eigenvalue weighted by atomic mass is 16.4. The molecule has 0 aliphatic heterocycles. The molecule has 0 heterocycles. The molecule has 1 fully saturated rings.